The first-order chi connectivity index (χ1) is 6.77. The van der Waals surface area contributed by atoms with Crippen LogP contribution in [0.25, 0.3) is 0 Å². The van der Waals surface area contributed by atoms with Gasteiger partial charge in [-0.25, -0.2) is 0 Å². The van der Waals surface area contributed by atoms with E-state index in [2.05, 4.69) is 22.0 Å². The topological polar surface area (TPSA) is 33.0 Å². The smallest absolute Gasteiger partial charge is 0.119 e. The summed E-state index contributed by atoms with van der Waals surface area (Å²) in [5.41, 5.74) is 1.12. The Balaban J connectivity index is 2.80. The van der Waals surface area contributed by atoms with Crippen LogP contribution in [0.3, 0.4) is 0 Å². The van der Waals surface area contributed by atoms with Gasteiger partial charge in [0, 0.05) is 10.9 Å². The molecule has 0 fully saturated rings. The van der Waals surface area contributed by atoms with Crippen LogP contribution in [0.5, 0.6) is 5.75 Å². The van der Waals surface area contributed by atoms with Crippen LogP contribution in [0.4, 0.5) is 0 Å². The number of aryl methyl sites for hydroxylation is 1. The summed E-state index contributed by atoms with van der Waals surface area (Å²) in [5, 5.41) is 8.49. The maximum Gasteiger partial charge on any atom is 0.119 e. The number of nitriles is 1. The quantitative estimate of drug-likeness (QED) is 0.825. The number of ether oxygens (including phenoxy) is 1. The lowest BCUT2D eigenvalue weighted by Crippen LogP contribution is -1.93. The Hall–Kier alpha value is -1.01. The molecule has 0 radical (unpaired) electrons. The second kappa shape index (κ2) is 5.66. The van der Waals surface area contributed by atoms with Crippen molar-refractivity contribution in [3.8, 4) is 11.8 Å². The van der Waals surface area contributed by atoms with Crippen molar-refractivity contribution in [3.63, 3.8) is 0 Å². The van der Waals surface area contributed by atoms with Gasteiger partial charge in [-0.3, -0.25) is 0 Å². The Morgan fingerprint density at radius 1 is 1.50 bits per heavy atom. The summed E-state index contributed by atoms with van der Waals surface area (Å²) in [7, 11) is 0. The van der Waals surface area contributed by atoms with E-state index in [1.54, 1.807) is 0 Å². The molecule has 0 spiro atoms. The van der Waals surface area contributed by atoms with Crippen molar-refractivity contribution in [3.05, 3.63) is 28.2 Å². The molecule has 1 aromatic rings. The minimum absolute atomic E-state index is 0.536. The van der Waals surface area contributed by atoms with E-state index in [9.17, 15) is 0 Å². The van der Waals surface area contributed by atoms with E-state index in [0.29, 0.717) is 13.0 Å². The fraction of sp³-hybridized carbons (Fsp3) is 0.364. The molecule has 0 unspecified atom stereocenters. The van der Waals surface area contributed by atoms with E-state index in [1.807, 2.05) is 25.1 Å². The highest BCUT2D eigenvalue weighted by molar-refractivity contribution is 9.10. The van der Waals surface area contributed by atoms with E-state index < -0.39 is 0 Å². The molecular formula is C11H12BrNO. The van der Waals surface area contributed by atoms with Crippen LogP contribution in [0.2, 0.25) is 0 Å². The lowest BCUT2D eigenvalue weighted by molar-refractivity contribution is 0.340. The van der Waals surface area contributed by atoms with Crippen molar-refractivity contribution in [2.24, 2.45) is 0 Å². The molecule has 0 saturated heterocycles. The zero-order chi connectivity index (χ0) is 10.4. The van der Waals surface area contributed by atoms with Crippen molar-refractivity contribution in [1.82, 2.24) is 0 Å². The SMILES string of the molecule is CCOc1ccc(Br)c(CCC#N)c1. The predicted molar refractivity (Wildman–Crippen MR) is 59.2 cm³/mol. The molecule has 14 heavy (non-hydrogen) atoms. The van der Waals surface area contributed by atoms with Crippen LogP contribution >= 0.6 is 15.9 Å². The Kier molecular flexibility index (Phi) is 4.48. The maximum atomic E-state index is 8.49. The molecule has 0 saturated carbocycles. The molecule has 0 aliphatic rings. The molecule has 1 rings (SSSR count). The number of nitrogens with zero attached hydrogens (tertiary/aromatic N) is 1. The third-order valence-electron chi connectivity index (χ3n) is 1.83. The summed E-state index contributed by atoms with van der Waals surface area (Å²) in [6.07, 6.45) is 1.30. The van der Waals surface area contributed by atoms with Gasteiger partial charge >= 0.3 is 0 Å². The van der Waals surface area contributed by atoms with Crippen molar-refractivity contribution < 1.29 is 4.74 Å². The second-order valence-electron chi connectivity index (χ2n) is 2.84. The monoisotopic (exact) mass is 253 g/mol. The zero-order valence-corrected chi connectivity index (χ0v) is 9.67. The highest BCUT2D eigenvalue weighted by atomic mass is 79.9. The summed E-state index contributed by atoms with van der Waals surface area (Å²) >= 11 is 3.45. The van der Waals surface area contributed by atoms with Gasteiger partial charge in [0.1, 0.15) is 5.75 Å². The van der Waals surface area contributed by atoms with Gasteiger partial charge in [-0.15, -0.1) is 0 Å². The predicted octanol–water partition coefficient (Wildman–Crippen LogP) is 3.30. The highest BCUT2D eigenvalue weighted by Crippen LogP contribution is 2.23. The van der Waals surface area contributed by atoms with Gasteiger partial charge in [0.15, 0.2) is 0 Å². The molecule has 3 heteroatoms. The van der Waals surface area contributed by atoms with Crippen LogP contribution in [0.1, 0.15) is 18.9 Å². The minimum Gasteiger partial charge on any atom is -0.494 e. The van der Waals surface area contributed by atoms with Crippen molar-refractivity contribution in [2.75, 3.05) is 6.61 Å². The summed E-state index contributed by atoms with van der Waals surface area (Å²) in [6.45, 7) is 2.62. The fourth-order valence-corrected chi connectivity index (χ4v) is 1.63. The lowest BCUT2D eigenvalue weighted by atomic mass is 10.1. The molecular weight excluding hydrogens is 242 g/mol. The van der Waals surface area contributed by atoms with E-state index in [-0.39, 0.29) is 0 Å². The first-order valence-corrected chi connectivity index (χ1v) is 5.35. The molecule has 2 nitrogen and oxygen atoms in total. The van der Waals surface area contributed by atoms with Crippen LogP contribution in [-0.2, 0) is 6.42 Å². The number of hydrogen-bond donors (Lipinski definition) is 0. The van der Waals surface area contributed by atoms with Gasteiger partial charge < -0.3 is 4.74 Å². The molecule has 0 aliphatic carbocycles. The van der Waals surface area contributed by atoms with Crippen molar-refractivity contribution in [2.45, 2.75) is 19.8 Å². The van der Waals surface area contributed by atoms with Gasteiger partial charge in [-0.2, -0.15) is 5.26 Å². The molecule has 74 valence electrons. The first-order valence-electron chi connectivity index (χ1n) is 4.56. The number of hydrogen-bond acceptors (Lipinski definition) is 2. The molecule has 0 amide bonds. The van der Waals surface area contributed by atoms with Gasteiger partial charge in [0.25, 0.3) is 0 Å². The maximum absolute atomic E-state index is 8.49. The number of rotatable bonds is 4. The Morgan fingerprint density at radius 2 is 2.29 bits per heavy atom. The summed E-state index contributed by atoms with van der Waals surface area (Å²) in [5.74, 6) is 0.864. The fourth-order valence-electron chi connectivity index (χ4n) is 1.19. The molecule has 0 aliphatic heterocycles. The Morgan fingerprint density at radius 3 is 2.93 bits per heavy atom. The molecule has 0 heterocycles. The average Bonchev–Trinajstić information content (AvgIpc) is 2.19. The van der Waals surface area contributed by atoms with Gasteiger partial charge in [0.2, 0.25) is 0 Å². The third-order valence-corrected chi connectivity index (χ3v) is 2.61. The second-order valence-corrected chi connectivity index (χ2v) is 3.70. The van der Waals surface area contributed by atoms with E-state index in [4.69, 9.17) is 10.00 Å². The summed E-state index contributed by atoms with van der Waals surface area (Å²) in [6, 6.07) is 7.99. The summed E-state index contributed by atoms with van der Waals surface area (Å²) in [4.78, 5) is 0. The third kappa shape index (κ3) is 3.04. The highest BCUT2D eigenvalue weighted by Gasteiger charge is 2.01. The van der Waals surface area contributed by atoms with E-state index in [1.165, 1.54) is 0 Å². The van der Waals surface area contributed by atoms with Crippen LogP contribution in [0.15, 0.2) is 22.7 Å². The standard InChI is InChI=1S/C11H12BrNO/c1-2-14-10-5-6-11(12)9(8-10)4-3-7-13/h5-6,8H,2-4H2,1H3. The van der Waals surface area contributed by atoms with Crippen molar-refractivity contribution in [1.29, 1.82) is 5.26 Å². The number of halogens is 1. The van der Waals surface area contributed by atoms with Crippen LogP contribution in [-0.4, -0.2) is 6.61 Å². The van der Waals surface area contributed by atoms with Gasteiger partial charge in [-0.05, 0) is 37.1 Å². The normalized spacial score (nSPS) is 9.50. The largest absolute Gasteiger partial charge is 0.494 e. The zero-order valence-electron chi connectivity index (χ0n) is 8.09. The average molecular weight is 254 g/mol. The van der Waals surface area contributed by atoms with Crippen molar-refractivity contribution >= 4 is 15.9 Å². The van der Waals surface area contributed by atoms with Crippen LogP contribution in [0, 0.1) is 11.3 Å². The molecule has 0 aromatic heterocycles. The Bertz CT molecular complexity index is 344. The van der Waals surface area contributed by atoms with Gasteiger partial charge in [0.05, 0.1) is 12.7 Å². The van der Waals surface area contributed by atoms with Crippen LogP contribution < -0.4 is 4.74 Å². The summed E-state index contributed by atoms with van der Waals surface area (Å²) < 4.78 is 6.42. The molecule has 0 N–H and O–H groups in total. The number of benzene rings is 1. The minimum atomic E-state index is 0.536. The molecule has 0 atom stereocenters. The molecule has 1 aromatic carbocycles. The molecule has 0 bridgehead atoms. The lowest BCUT2D eigenvalue weighted by Gasteiger charge is -2.06. The Labute approximate surface area is 92.6 Å². The van der Waals surface area contributed by atoms with Gasteiger partial charge in [-0.1, -0.05) is 15.9 Å². The van der Waals surface area contributed by atoms with E-state index in [0.717, 1.165) is 22.2 Å². The van der Waals surface area contributed by atoms with E-state index >= 15 is 0 Å². The first kappa shape index (κ1) is 11.1.